The first-order chi connectivity index (χ1) is 6.26. The van der Waals surface area contributed by atoms with Crippen LogP contribution in [0.2, 0.25) is 0 Å². The summed E-state index contributed by atoms with van der Waals surface area (Å²) in [6.07, 6.45) is 1.30. The highest BCUT2D eigenvalue weighted by Crippen LogP contribution is 1.87. The number of nitrogens with zero attached hydrogens (tertiary/aromatic N) is 2. The number of hydrogen-bond donors (Lipinski definition) is 2. The lowest BCUT2D eigenvalue weighted by Crippen LogP contribution is -2.41. The Hall–Kier alpha value is -1.39. The Morgan fingerprint density at radius 3 is 2.85 bits per heavy atom. The fourth-order valence-corrected chi connectivity index (χ4v) is 0.775. The van der Waals surface area contributed by atoms with E-state index >= 15 is 0 Å². The van der Waals surface area contributed by atoms with Gasteiger partial charge in [-0.05, 0) is 6.92 Å². The maximum atomic E-state index is 11.2. The lowest BCUT2D eigenvalue weighted by molar-refractivity contribution is 0.181. The normalized spacial score (nSPS) is 8.77. The zero-order chi connectivity index (χ0) is 10.1. The number of hydrogen-bond acceptors (Lipinski definition) is 4. The predicted octanol–water partition coefficient (Wildman–Crippen LogP) is -0.697. The summed E-state index contributed by atoms with van der Waals surface area (Å²) in [5, 5.41) is 10.9. The molecule has 0 radical (unpaired) electrons. The summed E-state index contributed by atoms with van der Waals surface area (Å²) in [4.78, 5) is 25.4. The van der Waals surface area contributed by atoms with Crippen LogP contribution in [-0.4, -0.2) is 48.5 Å². The predicted molar refractivity (Wildman–Crippen MR) is 45.9 cm³/mol. The fourth-order valence-electron chi connectivity index (χ4n) is 0.775. The minimum absolute atomic E-state index is 0.0791. The fraction of sp³-hybridized carbons (Fsp3) is 0.714. The van der Waals surface area contributed by atoms with Crippen LogP contribution in [0.3, 0.4) is 0 Å². The van der Waals surface area contributed by atoms with Gasteiger partial charge in [0.05, 0.1) is 6.61 Å². The molecule has 0 spiro atoms. The molecule has 13 heavy (non-hydrogen) atoms. The second-order valence-corrected chi connectivity index (χ2v) is 2.19. The summed E-state index contributed by atoms with van der Waals surface area (Å²) in [5.74, 6) is 0. The zero-order valence-electron chi connectivity index (χ0n) is 7.49. The average Bonchev–Trinajstić information content (AvgIpc) is 2.14. The molecular weight excluding hydrogens is 174 g/mol. The number of aliphatic imine (C=N–C) groups is 1. The third-order valence-corrected chi connectivity index (χ3v) is 1.41. The van der Waals surface area contributed by atoms with E-state index in [1.165, 1.54) is 11.0 Å². The summed E-state index contributed by atoms with van der Waals surface area (Å²) in [5.41, 5.74) is 0. The van der Waals surface area contributed by atoms with Crippen LogP contribution in [0.1, 0.15) is 6.92 Å². The number of likely N-dealkylation sites (N-methyl/N-ethyl adjacent to an activating group) is 1. The molecule has 0 saturated carbocycles. The molecule has 2 amide bonds. The highest BCUT2D eigenvalue weighted by atomic mass is 16.3. The average molecular weight is 187 g/mol. The second-order valence-electron chi connectivity index (χ2n) is 2.19. The van der Waals surface area contributed by atoms with Gasteiger partial charge in [-0.2, -0.15) is 4.99 Å². The number of amides is 2. The molecule has 74 valence electrons. The van der Waals surface area contributed by atoms with Crippen molar-refractivity contribution in [3.63, 3.8) is 0 Å². The molecule has 0 saturated heterocycles. The molecule has 0 rings (SSSR count). The molecule has 0 aromatic carbocycles. The van der Waals surface area contributed by atoms with Crippen molar-refractivity contribution < 1.29 is 14.7 Å². The second kappa shape index (κ2) is 7.27. The van der Waals surface area contributed by atoms with E-state index in [9.17, 15) is 9.59 Å². The number of aliphatic hydroxyl groups is 1. The third-order valence-electron chi connectivity index (χ3n) is 1.41. The number of urea groups is 1. The van der Waals surface area contributed by atoms with Crippen molar-refractivity contribution in [1.29, 1.82) is 0 Å². The van der Waals surface area contributed by atoms with Crippen LogP contribution in [0.25, 0.3) is 0 Å². The topological polar surface area (TPSA) is 82.0 Å². The summed E-state index contributed by atoms with van der Waals surface area (Å²) < 4.78 is 0. The minimum Gasteiger partial charge on any atom is -0.395 e. The number of rotatable bonds is 5. The van der Waals surface area contributed by atoms with Crippen LogP contribution < -0.4 is 5.32 Å². The number of nitrogens with one attached hydrogen (secondary N) is 1. The molecule has 0 aliphatic heterocycles. The monoisotopic (exact) mass is 187 g/mol. The molecule has 0 bridgehead atoms. The van der Waals surface area contributed by atoms with E-state index in [0.29, 0.717) is 6.54 Å². The Balaban J connectivity index is 3.83. The van der Waals surface area contributed by atoms with Gasteiger partial charge in [-0.3, -0.25) is 0 Å². The SMILES string of the molecule is CCN(CCO)C(=O)NCN=C=O. The van der Waals surface area contributed by atoms with Gasteiger partial charge in [0.15, 0.2) is 0 Å². The quantitative estimate of drug-likeness (QED) is 0.441. The van der Waals surface area contributed by atoms with Gasteiger partial charge >= 0.3 is 6.03 Å². The Labute approximate surface area is 76.3 Å². The van der Waals surface area contributed by atoms with Gasteiger partial charge in [-0.1, -0.05) is 0 Å². The Morgan fingerprint density at radius 2 is 2.38 bits per heavy atom. The lowest BCUT2D eigenvalue weighted by Gasteiger charge is -2.19. The van der Waals surface area contributed by atoms with Crippen LogP contribution >= 0.6 is 0 Å². The lowest BCUT2D eigenvalue weighted by atomic mass is 10.5. The van der Waals surface area contributed by atoms with E-state index < -0.39 is 0 Å². The first-order valence-corrected chi connectivity index (χ1v) is 3.93. The molecule has 0 atom stereocenters. The largest absolute Gasteiger partial charge is 0.395 e. The first kappa shape index (κ1) is 11.6. The van der Waals surface area contributed by atoms with Crippen LogP contribution in [0.5, 0.6) is 0 Å². The summed E-state index contributed by atoms with van der Waals surface area (Å²) >= 11 is 0. The smallest absolute Gasteiger partial charge is 0.318 e. The van der Waals surface area contributed by atoms with Crippen molar-refractivity contribution in [3.8, 4) is 0 Å². The molecule has 0 aromatic rings. The molecule has 2 N–H and O–H groups in total. The minimum atomic E-state index is -0.351. The van der Waals surface area contributed by atoms with E-state index in [1.54, 1.807) is 6.92 Å². The van der Waals surface area contributed by atoms with Gasteiger partial charge in [0.2, 0.25) is 6.08 Å². The molecule has 0 unspecified atom stereocenters. The van der Waals surface area contributed by atoms with Crippen LogP contribution in [0.15, 0.2) is 4.99 Å². The number of carbonyl (C=O) groups is 1. The van der Waals surface area contributed by atoms with Gasteiger partial charge in [-0.25, -0.2) is 9.59 Å². The van der Waals surface area contributed by atoms with Gasteiger partial charge < -0.3 is 15.3 Å². The van der Waals surface area contributed by atoms with E-state index in [0.717, 1.165) is 0 Å². The van der Waals surface area contributed by atoms with Crippen molar-refractivity contribution in [2.75, 3.05) is 26.4 Å². The van der Waals surface area contributed by atoms with Crippen molar-refractivity contribution in [1.82, 2.24) is 10.2 Å². The van der Waals surface area contributed by atoms with E-state index in [-0.39, 0.29) is 25.9 Å². The molecule has 6 nitrogen and oxygen atoms in total. The van der Waals surface area contributed by atoms with Crippen LogP contribution in [0, 0.1) is 0 Å². The summed E-state index contributed by atoms with van der Waals surface area (Å²) in [7, 11) is 0. The summed E-state index contributed by atoms with van der Waals surface area (Å²) in [6, 6.07) is -0.351. The Bertz CT molecular complexity index is 201. The molecule has 0 aliphatic rings. The van der Waals surface area contributed by atoms with Gasteiger partial charge in [-0.15, -0.1) is 0 Å². The highest BCUT2D eigenvalue weighted by Gasteiger charge is 2.08. The molecule has 6 heteroatoms. The zero-order valence-corrected chi connectivity index (χ0v) is 7.49. The Morgan fingerprint density at radius 1 is 1.69 bits per heavy atom. The van der Waals surface area contributed by atoms with Gasteiger partial charge in [0.1, 0.15) is 6.67 Å². The first-order valence-electron chi connectivity index (χ1n) is 3.93. The van der Waals surface area contributed by atoms with E-state index in [1.807, 2.05) is 0 Å². The van der Waals surface area contributed by atoms with Crippen molar-refractivity contribution in [2.45, 2.75) is 6.92 Å². The third kappa shape index (κ3) is 4.95. The standard InChI is InChI=1S/C7H13N3O3/c1-2-10(3-4-11)7(13)9-5-8-6-12/h11H,2-5H2,1H3,(H,9,13). The molecule has 0 aliphatic carbocycles. The molecule has 0 fully saturated rings. The molecular formula is C7H13N3O3. The van der Waals surface area contributed by atoms with Crippen LogP contribution in [0.4, 0.5) is 4.79 Å². The highest BCUT2D eigenvalue weighted by molar-refractivity contribution is 5.74. The molecule has 0 heterocycles. The number of isocyanates is 1. The summed E-state index contributed by atoms with van der Waals surface area (Å²) in [6.45, 7) is 2.39. The van der Waals surface area contributed by atoms with Gasteiger partial charge in [0.25, 0.3) is 0 Å². The van der Waals surface area contributed by atoms with Crippen molar-refractivity contribution in [2.24, 2.45) is 4.99 Å². The van der Waals surface area contributed by atoms with Crippen molar-refractivity contribution in [3.05, 3.63) is 0 Å². The maximum Gasteiger partial charge on any atom is 0.318 e. The molecule has 0 aromatic heterocycles. The Kier molecular flexibility index (Phi) is 6.49. The van der Waals surface area contributed by atoms with Gasteiger partial charge in [0, 0.05) is 13.1 Å². The van der Waals surface area contributed by atoms with E-state index in [2.05, 4.69) is 10.3 Å². The van der Waals surface area contributed by atoms with Crippen molar-refractivity contribution >= 4 is 12.1 Å². The number of carbonyl (C=O) groups excluding carboxylic acids is 2. The van der Waals surface area contributed by atoms with Crippen LogP contribution in [-0.2, 0) is 4.79 Å². The number of aliphatic hydroxyl groups excluding tert-OH is 1. The maximum absolute atomic E-state index is 11.2. The van der Waals surface area contributed by atoms with E-state index in [4.69, 9.17) is 5.11 Å².